The van der Waals surface area contributed by atoms with Crippen LogP contribution in [-0.4, -0.2) is 31.1 Å². The number of carbonyl (C=O) groups excluding carboxylic acids is 1. The third-order valence-corrected chi connectivity index (χ3v) is 3.60. The molecule has 1 aliphatic rings. The molecule has 1 saturated carbocycles. The van der Waals surface area contributed by atoms with Crippen LogP contribution < -0.4 is 5.06 Å². The van der Waals surface area contributed by atoms with Crippen LogP contribution in [0.1, 0.15) is 38.5 Å². The fourth-order valence-corrected chi connectivity index (χ4v) is 2.46. The highest BCUT2D eigenvalue weighted by Crippen LogP contribution is 2.24. The van der Waals surface area contributed by atoms with Crippen LogP contribution in [0, 0.1) is 0 Å². The second-order valence-electron chi connectivity index (χ2n) is 5.53. The van der Waals surface area contributed by atoms with Crippen molar-refractivity contribution in [1.29, 1.82) is 0 Å². The SMILES string of the molecule is CN(C)C(=O)N(OC1CCCCCC1)c1ccccc1. The molecule has 0 unspecified atom stereocenters. The lowest BCUT2D eigenvalue weighted by Crippen LogP contribution is -2.41. The number of nitrogens with zero attached hydrogens (tertiary/aromatic N) is 2. The van der Waals surface area contributed by atoms with Crippen molar-refractivity contribution < 1.29 is 9.63 Å². The average Bonchev–Trinajstić information content (AvgIpc) is 2.73. The van der Waals surface area contributed by atoms with Gasteiger partial charge in [0.15, 0.2) is 0 Å². The summed E-state index contributed by atoms with van der Waals surface area (Å²) in [7, 11) is 3.49. The third kappa shape index (κ3) is 3.97. The van der Waals surface area contributed by atoms with Gasteiger partial charge in [0.25, 0.3) is 0 Å². The largest absolute Gasteiger partial charge is 0.348 e. The Labute approximate surface area is 121 Å². The molecule has 2 amide bonds. The lowest BCUT2D eigenvalue weighted by molar-refractivity contribution is 0.0314. The maximum absolute atomic E-state index is 12.3. The van der Waals surface area contributed by atoms with E-state index in [0.29, 0.717) is 0 Å². The topological polar surface area (TPSA) is 32.8 Å². The van der Waals surface area contributed by atoms with Gasteiger partial charge < -0.3 is 4.90 Å². The van der Waals surface area contributed by atoms with Crippen molar-refractivity contribution >= 4 is 11.7 Å². The summed E-state index contributed by atoms with van der Waals surface area (Å²) in [5.74, 6) is 0. The first-order valence-corrected chi connectivity index (χ1v) is 7.41. The number of rotatable bonds is 3. The van der Waals surface area contributed by atoms with Crippen LogP contribution in [0.15, 0.2) is 30.3 Å². The summed E-state index contributed by atoms with van der Waals surface area (Å²) in [5, 5.41) is 1.44. The fourth-order valence-electron chi connectivity index (χ4n) is 2.46. The van der Waals surface area contributed by atoms with Gasteiger partial charge in [0.1, 0.15) is 0 Å². The van der Waals surface area contributed by atoms with Crippen LogP contribution in [0.5, 0.6) is 0 Å². The highest BCUT2D eigenvalue weighted by atomic mass is 16.7. The van der Waals surface area contributed by atoms with Crippen molar-refractivity contribution in [2.75, 3.05) is 19.2 Å². The van der Waals surface area contributed by atoms with Crippen LogP contribution in [0.3, 0.4) is 0 Å². The van der Waals surface area contributed by atoms with Crippen molar-refractivity contribution in [2.45, 2.75) is 44.6 Å². The number of hydrogen-bond donors (Lipinski definition) is 0. The Balaban J connectivity index is 2.12. The lowest BCUT2D eigenvalue weighted by Gasteiger charge is -2.29. The summed E-state index contributed by atoms with van der Waals surface area (Å²) >= 11 is 0. The minimum absolute atomic E-state index is 0.138. The molecule has 110 valence electrons. The minimum Gasteiger partial charge on any atom is -0.329 e. The Morgan fingerprint density at radius 1 is 1.05 bits per heavy atom. The highest BCUT2D eigenvalue weighted by Gasteiger charge is 2.23. The van der Waals surface area contributed by atoms with Crippen LogP contribution >= 0.6 is 0 Å². The summed E-state index contributed by atoms with van der Waals surface area (Å²) in [6, 6.07) is 9.44. The number of para-hydroxylation sites is 1. The molecular weight excluding hydrogens is 252 g/mol. The van der Waals surface area contributed by atoms with E-state index in [9.17, 15) is 4.79 Å². The Bertz CT molecular complexity index is 412. The summed E-state index contributed by atoms with van der Waals surface area (Å²) in [6.07, 6.45) is 7.11. The van der Waals surface area contributed by atoms with E-state index in [0.717, 1.165) is 18.5 Å². The van der Waals surface area contributed by atoms with Crippen LogP contribution in [-0.2, 0) is 4.84 Å². The number of amides is 2. The first-order chi connectivity index (χ1) is 9.68. The van der Waals surface area contributed by atoms with Gasteiger partial charge in [-0.15, -0.1) is 0 Å². The zero-order chi connectivity index (χ0) is 14.4. The number of anilines is 1. The molecule has 0 atom stereocenters. The van der Waals surface area contributed by atoms with Gasteiger partial charge in [0, 0.05) is 14.1 Å². The van der Waals surface area contributed by atoms with Gasteiger partial charge in [-0.25, -0.2) is 4.79 Å². The van der Waals surface area contributed by atoms with E-state index >= 15 is 0 Å². The third-order valence-electron chi connectivity index (χ3n) is 3.60. The quantitative estimate of drug-likeness (QED) is 0.621. The predicted molar refractivity (Wildman–Crippen MR) is 80.6 cm³/mol. The molecule has 20 heavy (non-hydrogen) atoms. The van der Waals surface area contributed by atoms with Crippen molar-refractivity contribution in [1.82, 2.24) is 4.90 Å². The van der Waals surface area contributed by atoms with Crippen LogP contribution in [0.25, 0.3) is 0 Å². The van der Waals surface area contributed by atoms with Crippen LogP contribution in [0.2, 0.25) is 0 Å². The normalized spacial score (nSPS) is 16.5. The van der Waals surface area contributed by atoms with Gasteiger partial charge in [-0.1, -0.05) is 43.9 Å². The van der Waals surface area contributed by atoms with Gasteiger partial charge in [0.2, 0.25) is 0 Å². The summed E-state index contributed by atoms with van der Waals surface area (Å²) in [6.45, 7) is 0. The number of benzene rings is 1. The predicted octanol–water partition coefficient (Wildman–Crippen LogP) is 3.83. The van der Waals surface area contributed by atoms with E-state index in [1.54, 1.807) is 19.0 Å². The maximum atomic E-state index is 12.3. The zero-order valence-electron chi connectivity index (χ0n) is 12.4. The van der Waals surface area contributed by atoms with E-state index in [1.165, 1.54) is 30.7 Å². The number of carbonyl (C=O) groups is 1. The molecule has 1 fully saturated rings. The molecule has 0 heterocycles. The van der Waals surface area contributed by atoms with Gasteiger partial charge in [-0.05, 0) is 25.0 Å². The van der Waals surface area contributed by atoms with E-state index in [-0.39, 0.29) is 12.1 Å². The van der Waals surface area contributed by atoms with Crippen molar-refractivity contribution in [3.8, 4) is 0 Å². The molecule has 0 N–H and O–H groups in total. The molecule has 1 aliphatic carbocycles. The molecule has 0 aromatic heterocycles. The number of urea groups is 1. The average molecular weight is 276 g/mol. The lowest BCUT2D eigenvalue weighted by atomic mass is 10.2. The first kappa shape index (κ1) is 14.9. The summed E-state index contributed by atoms with van der Waals surface area (Å²) < 4.78 is 0. The summed E-state index contributed by atoms with van der Waals surface area (Å²) in [5.41, 5.74) is 0.787. The van der Waals surface area contributed by atoms with Crippen LogP contribution in [0.4, 0.5) is 10.5 Å². The molecular formula is C16H24N2O2. The summed E-state index contributed by atoms with van der Waals surface area (Å²) in [4.78, 5) is 19.9. The maximum Gasteiger partial charge on any atom is 0.348 e. The molecule has 0 spiro atoms. The standard InChI is InChI=1S/C16H24N2O2/c1-17(2)16(19)18(14-10-6-5-7-11-14)20-15-12-8-3-4-9-13-15/h5-7,10-11,15H,3-4,8-9,12-13H2,1-2H3. The molecule has 0 saturated heterocycles. The van der Waals surface area contributed by atoms with E-state index < -0.39 is 0 Å². The highest BCUT2D eigenvalue weighted by molar-refractivity contribution is 5.89. The van der Waals surface area contributed by atoms with Gasteiger partial charge in [-0.3, -0.25) is 4.84 Å². The molecule has 0 radical (unpaired) electrons. The Morgan fingerprint density at radius 3 is 2.20 bits per heavy atom. The van der Waals surface area contributed by atoms with E-state index in [4.69, 9.17) is 4.84 Å². The van der Waals surface area contributed by atoms with E-state index in [1.807, 2.05) is 30.3 Å². The monoisotopic (exact) mass is 276 g/mol. The van der Waals surface area contributed by atoms with Gasteiger partial charge in [0.05, 0.1) is 11.8 Å². The molecule has 1 aromatic carbocycles. The molecule has 0 aliphatic heterocycles. The smallest absolute Gasteiger partial charge is 0.329 e. The minimum atomic E-state index is -0.138. The first-order valence-electron chi connectivity index (χ1n) is 7.41. The van der Waals surface area contributed by atoms with Crippen molar-refractivity contribution in [2.24, 2.45) is 0 Å². The van der Waals surface area contributed by atoms with Crippen molar-refractivity contribution in [3.63, 3.8) is 0 Å². The molecule has 2 rings (SSSR count). The molecule has 0 bridgehead atoms. The zero-order valence-corrected chi connectivity index (χ0v) is 12.4. The van der Waals surface area contributed by atoms with Gasteiger partial charge >= 0.3 is 6.03 Å². The fraction of sp³-hybridized carbons (Fsp3) is 0.562. The number of hydrogen-bond acceptors (Lipinski definition) is 2. The second-order valence-corrected chi connectivity index (χ2v) is 5.53. The number of hydroxylamine groups is 1. The molecule has 4 heteroatoms. The van der Waals surface area contributed by atoms with E-state index in [2.05, 4.69) is 0 Å². The van der Waals surface area contributed by atoms with Crippen molar-refractivity contribution in [3.05, 3.63) is 30.3 Å². The van der Waals surface area contributed by atoms with Gasteiger partial charge in [-0.2, -0.15) is 5.06 Å². The Kier molecular flexibility index (Phi) is 5.41. The molecule has 4 nitrogen and oxygen atoms in total. The Morgan fingerprint density at radius 2 is 1.65 bits per heavy atom. The Hall–Kier alpha value is -1.55. The molecule has 1 aromatic rings. The second kappa shape index (κ2) is 7.29.